The highest BCUT2D eigenvalue weighted by Crippen LogP contribution is 2.18. The smallest absolute Gasteiger partial charge is 0.347 e. The molecule has 86 valence electrons. The van der Waals surface area contributed by atoms with Crippen molar-refractivity contribution in [1.29, 1.82) is 5.41 Å². The molecule has 0 aromatic heterocycles. The zero-order valence-corrected chi connectivity index (χ0v) is 8.43. The zero-order chi connectivity index (χ0) is 12.1. The number of aliphatic hydroxyl groups is 1. The summed E-state index contributed by atoms with van der Waals surface area (Å²) in [6.07, 6.45) is 1.50. The predicted molar refractivity (Wildman–Crippen MR) is 52.0 cm³/mol. The predicted octanol–water partition coefficient (Wildman–Crippen LogP) is 0.343. The maximum absolute atomic E-state index is 10.6. The molecule has 0 radical (unpaired) electrons. The van der Waals surface area contributed by atoms with Crippen molar-refractivity contribution in [1.82, 2.24) is 0 Å². The number of hydrogen-bond acceptors (Lipinski definition) is 4. The number of carboxylic acids is 2. The molecular formula is C9H15NO5. The number of rotatable bonds is 7. The van der Waals surface area contributed by atoms with Crippen molar-refractivity contribution in [3.05, 3.63) is 0 Å². The van der Waals surface area contributed by atoms with Crippen molar-refractivity contribution in [2.24, 2.45) is 5.92 Å². The van der Waals surface area contributed by atoms with Crippen molar-refractivity contribution in [2.45, 2.75) is 31.8 Å². The molecule has 0 aliphatic heterocycles. The highest BCUT2D eigenvalue weighted by atomic mass is 16.4. The first-order chi connectivity index (χ1) is 6.88. The van der Waals surface area contributed by atoms with Gasteiger partial charge in [0, 0.05) is 0 Å². The van der Waals surface area contributed by atoms with Crippen molar-refractivity contribution in [3.63, 3.8) is 0 Å². The van der Waals surface area contributed by atoms with Gasteiger partial charge in [-0.25, -0.2) is 9.59 Å². The Balaban J connectivity index is 4.51. The van der Waals surface area contributed by atoms with E-state index in [1.54, 1.807) is 6.92 Å². The third kappa shape index (κ3) is 3.32. The van der Waals surface area contributed by atoms with Crippen LogP contribution in [0.2, 0.25) is 0 Å². The fourth-order valence-corrected chi connectivity index (χ4v) is 1.10. The van der Waals surface area contributed by atoms with E-state index in [2.05, 4.69) is 0 Å². The molecule has 1 atom stereocenters. The molecule has 0 aliphatic carbocycles. The summed E-state index contributed by atoms with van der Waals surface area (Å²) >= 11 is 0. The van der Waals surface area contributed by atoms with Crippen LogP contribution in [0.3, 0.4) is 0 Å². The van der Waals surface area contributed by atoms with E-state index in [0.29, 0.717) is 6.42 Å². The summed E-state index contributed by atoms with van der Waals surface area (Å²) in [5, 5.41) is 33.5. The summed E-state index contributed by atoms with van der Waals surface area (Å²) in [5.41, 5.74) is -2.74. The molecule has 0 unspecified atom stereocenters. The molecule has 0 saturated heterocycles. The lowest BCUT2D eigenvalue weighted by Crippen LogP contribution is -2.46. The van der Waals surface area contributed by atoms with Gasteiger partial charge >= 0.3 is 11.9 Å². The molecule has 4 N–H and O–H groups in total. The number of carboxylic acid groups (broad SMARTS) is 2. The van der Waals surface area contributed by atoms with Crippen molar-refractivity contribution < 1.29 is 24.9 Å². The fourth-order valence-electron chi connectivity index (χ4n) is 1.10. The van der Waals surface area contributed by atoms with E-state index < -0.39 is 24.0 Å². The van der Waals surface area contributed by atoms with Gasteiger partial charge in [0.1, 0.15) is 0 Å². The van der Waals surface area contributed by atoms with Crippen molar-refractivity contribution >= 4 is 18.2 Å². The first-order valence-corrected chi connectivity index (χ1v) is 4.58. The van der Waals surface area contributed by atoms with Gasteiger partial charge in [-0.15, -0.1) is 0 Å². The molecule has 0 amide bonds. The molecule has 0 spiro atoms. The SMILES string of the molecule is CC[C@@H](C=N)CCC(O)(C(=O)O)C(=O)O. The lowest BCUT2D eigenvalue weighted by atomic mass is 9.91. The van der Waals surface area contributed by atoms with Crippen LogP contribution in [-0.4, -0.2) is 39.1 Å². The standard InChI is InChI=1S/C9H15NO5/c1-2-6(5-10)3-4-9(15,7(11)12)8(13)14/h5-6,10,15H,2-4H2,1H3,(H,11,12)(H,13,14)/t6-/m1/s1. The second kappa shape index (κ2) is 5.45. The van der Waals surface area contributed by atoms with Crippen LogP contribution in [0.15, 0.2) is 0 Å². The van der Waals surface area contributed by atoms with Gasteiger partial charge < -0.3 is 20.7 Å². The third-order valence-corrected chi connectivity index (χ3v) is 2.34. The van der Waals surface area contributed by atoms with Crippen LogP contribution in [0.4, 0.5) is 0 Å². The molecular weight excluding hydrogens is 202 g/mol. The topological polar surface area (TPSA) is 119 Å². The maximum Gasteiger partial charge on any atom is 0.347 e. The minimum absolute atomic E-state index is 0.162. The second-order valence-electron chi connectivity index (χ2n) is 3.34. The van der Waals surface area contributed by atoms with Gasteiger partial charge in [-0.3, -0.25) is 0 Å². The Morgan fingerprint density at radius 1 is 1.40 bits per heavy atom. The van der Waals surface area contributed by atoms with Gasteiger partial charge in [0.25, 0.3) is 5.60 Å². The highest BCUT2D eigenvalue weighted by molar-refractivity contribution is 6.01. The highest BCUT2D eigenvalue weighted by Gasteiger charge is 2.44. The third-order valence-electron chi connectivity index (χ3n) is 2.34. The Morgan fingerprint density at radius 3 is 2.13 bits per heavy atom. The first kappa shape index (κ1) is 13.6. The van der Waals surface area contributed by atoms with Gasteiger partial charge in [-0.05, 0) is 31.4 Å². The van der Waals surface area contributed by atoms with Gasteiger partial charge in [-0.2, -0.15) is 0 Å². The normalized spacial score (nSPS) is 13.2. The summed E-state index contributed by atoms with van der Waals surface area (Å²) in [5.74, 6) is -3.74. The van der Waals surface area contributed by atoms with Gasteiger partial charge in [-0.1, -0.05) is 6.92 Å². The monoisotopic (exact) mass is 217 g/mol. The Labute approximate surface area is 87.0 Å². The van der Waals surface area contributed by atoms with E-state index in [9.17, 15) is 14.7 Å². The van der Waals surface area contributed by atoms with E-state index in [4.69, 9.17) is 15.6 Å². The van der Waals surface area contributed by atoms with E-state index in [0.717, 1.165) is 6.21 Å². The molecule has 6 nitrogen and oxygen atoms in total. The number of carbonyl (C=O) groups is 2. The Hall–Kier alpha value is -1.43. The van der Waals surface area contributed by atoms with Gasteiger partial charge in [0.2, 0.25) is 0 Å². The van der Waals surface area contributed by atoms with E-state index in [-0.39, 0.29) is 12.3 Å². The zero-order valence-electron chi connectivity index (χ0n) is 8.43. The number of hydrogen-bond donors (Lipinski definition) is 4. The van der Waals surface area contributed by atoms with Crippen LogP contribution >= 0.6 is 0 Å². The van der Waals surface area contributed by atoms with Crippen molar-refractivity contribution in [3.8, 4) is 0 Å². The van der Waals surface area contributed by atoms with Crippen molar-refractivity contribution in [2.75, 3.05) is 0 Å². The largest absolute Gasteiger partial charge is 0.479 e. The average molecular weight is 217 g/mol. The summed E-state index contributed by atoms with van der Waals surface area (Å²) in [6, 6.07) is 0. The van der Waals surface area contributed by atoms with Crippen LogP contribution in [-0.2, 0) is 9.59 Å². The van der Waals surface area contributed by atoms with E-state index in [1.807, 2.05) is 0 Å². The molecule has 6 heteroatoms. The Kier molecular flexibility index (Phi) is 4.93. The first-order valence-electron chi connectivity index (χ1n) is 4.58. The Bertz CT molecular complexity index is 249. The van der Waals surface area contributed by atoms with Crippen LogP contribution in [0.5, 0.6) is 0 Å². The number of nitrogens with one attached hydrogen (secondary N) is 1. The van der Waals surface area contributed by atoms with Crippen LogP contribution in [0.25, 0.3) is 0 Å². The summed E-state index contributed by atoms with van der Waals surface area (Å²) < 4.78 is 0. The summed E-state index contributed by atoms with van der Waals surface area (Å²) in [7, 11) is 0. The fraction of sp³-hybridized carbons (Fsp3) is 0.667. The van der Waals surface area contributed by atoms with Crippen LogP contribution in [0.1, 0.15) is 26.2 Å². The molecule has 0 aliphatic rings. The average Bonchev–Trinajstić information content (AvgIpc) is 2.18. The molecule has 0 aromatic rings. The molecule has 0 fully saturated rings. The maximum atomic E-state index is 10.6. The minimum atomic E-state index is -2.74. The van der Waals surface area contributed by atoms with Gasteiger partial charge in [0.05, 0.1) is 0 Å². The molecule has 0 heterocycles. The lowest BCUT2D eigenvalue weighted by molar-refractivity contribution is -0.176. The molecule has 0 rings (SSSR count). The molecule has 0 saturated carbocycles. The molecule has 15 heavy (non-hydrogen) atoms. The van der Waals surface area contributed by atoms with Crippen LogP contribution in [0, 0.1) is 11.3 Å². The summed E-state index contributed by atoms with van der Waals surface area (Å²) in [6.45, 7) is 1.80. The number of aliphatic carboxylic acids is 2. The quantitative estimate of drug-likeness (QED) is 0.362. The van der Waals surface area contributed by atoms with Gasteiger partial charge in [0.15, 0.2) is 0 Å². The molecule has 0 aromatic carbocycles. The Morgan fingerprint density at radius 2 is 1.87 bits per heavy atom. The van der Waals surface area contributed by atoms with E-state index in [1.165, 1.54) is 0 Å². The molecule has 0 bridgehead atoms. The summed E-state index contributed by atoms with van der Waals surface area (Å²) in [4.78, 5) is 21.1. The minimum Gasteiger partial charge on any atom is -0.479 e. The second-order valence-corrected chi connectivity index (χ2v) is 3.34. The van der Waals surface area contributed by atoms with Crippen LogP contribution < -0.4 is 0 Å². The van der Waals surface area contributed by atoms with E-state index >= 15 is 0 Å². The lowest BCUT2D eigenvalue weighted by Gasteiger charge is -2.19.